The van der Waals surface area contributed by atoms with Gasteiger partial charge >= 0.3 is 0 Å². The second-order valence-electron chi connectivity index (χ2n) is 2.71. The quantitative estimate of drug-likeness (QED) is 0.585. The van der Waals surface area contributed by atoms with Crippen molar-refractivity contribution in [1.82, 2.24) is 0 Å². The third kappa shape index (κ3) is 2.72. The number of hydrogen-bond donors (Lipinski definition) is 0. The average Bonchev–Trinajstić information content (AvgIpc) is 2.26. The number of hydrogen-bond acceptors (Lipinski definition) is 4. The molecular formula is C10H10ClNO3. The Bertz CT molecular complexity index is 400. The van der Waals surface area contributed by atoms with Crippen LogP contribution in [-0.4, -0.2) is 20.3 Å². The fraction of sp³-hybridized carbons (Fsp3) is 0.300. The summed E-state index contributed by atoms with van der Waals surface area (Å²) in [5, 5.41) is 0.452. The fourth-order valence-corrected chi connectivity index (χ4v) is 1.40. The highest BCUT2D eigenvalue weighted by molar-refractivity contribution is 6.32. The Morgan fingerprint density at radius 3 is 2.53 bits per heavy atom. The molecule has 4 nitrogen and oxygen atoms in total. The zero-order valence-electron chi connectivity index (χ0n) is 8.41. The molecule has 15 heavy (non-hydrogen) atoms. The SMILES string of the molecule is COc1cc(CN=C=O)c(OC)cc1Cl. The summed E-state index contributed by atoms with van der Waals surface area (Å²) >= 11 is 5.90. The van der Waals surface area contributed by atoms with E-state index in [1.54, 1.807) is 12.1 Å². The van der Waals surface area contributed by atoms with E-state index in [2.05, 4.69) is 4.99 Å². The van der Waals surface area contributed by atoms with Crippen molar-refractivity contribution in [3.63, 3.8) is 0 Å². The third-order valence-corrected chi connectivity index (χ3v) is 2.16. The molecule has 0 N–H and O–H groups in total. The van der Waals surface area contributed by atoms with E-state index in [1.807, 2.05) is 0 Å². The molecule has 5 heteroatoms. The van der Waals surface area contributed by atoms with Crippen molar-refractivity contribution in [2.45, 2.75) is 6.54 Å². The lowest BCUT2D eigenvalue weighted by Crippen LogP contribution is -1.93. The summed E-state index contributed by atoms with van der Waals surface area (Å²) in [4.78, 5) is 13.5. The molecule has 0 amide bonds. The van der Waals surface area contributed by atoms with Crippen molar-refractivity contribution in [1.29, 1.82) is 0 Å². The van der Waals surface area contributed by atoms with Gasteiger partial charge < -0.3 is 9.47 Å². The molecule has 0 aromatic heterocycles. The van der Waals surface area contributed by atoms with E-state index in [9.17, 15) is 4.79 Å². The number of isocyanates is 1. The second kappa shape index (κ2) is 5.39. The van der Waals surface area contributed by atoms with Crippen LogP contribution in [0.5, 0.6) is 11.5 Å². The Kier molecular flexibility index (Phi) is 4.16. The van der Waals surface area contributed by atoms with Crippen LogP contribution in [0.3, 0.4) is 0 Å². The van der Waals surface area contributed by atoms with E-state index in [0.29, 0.717) is 16.5 Å². The zero-order valence-corrected chi connectivity index (χ0v) is 9.17. The molecule has 0 fully saturated rings. The van der Waals surface area contributed by atoms with E-state index in [1.165, 1.54) is 20.3 Å². The number of aliphatic imine (C=N–C) groups is 1. The lowest BCUT2D eigenvalue weighted by Gasteiger charge is -2.09. The summed E-state index contributed by atoms with van der Waals surface area (Å²) in [5.74, 6) is 1.09. The average molecular weight is 228 g/mol. The highest BCUT2D eigenvalue weighted by Crippen LogP contribution is 2.32. The van der Waals surface area contributed by atoms with Crippen LogP contribution < -0.4 is 9.47 Å². The van der Waals surface area contributed by atoms with Crippen LogP contribution in [0.4, 0.5) is 0 Å². The number of benzene rings is 1. The van der Waals surface area contributed by atoms with Crippen LogP contribution in [0, 0.1) is 0 Å². The Hall–Kier alpha value is -1.51. The van der Waals surface area contributed by atoms with Crippen molar-refractivity contribution in [3.05, 3.63) is 22.7 Å². The van der Waals surface area contributed by atoms with Crippen molar-refractivity contribution < 1.29 is 14.3 Å². The molecule has 0 spiro atoms. The van der Waals surface area contributed by atoms with Gasteiger partial charge in [-0.25, -0.2) is 9.79 Å². The van der Waals surface area contributed by atoms with Crippen molar-refractivity contribution in [3.8, 4) is 11.5 Å². The van der Waals surface area contributed by atoms with Gasteiger partial charge in [0.15, 0.2) is 0 Å². The fourth-order valence-electron chi connectivity index (χ4n) is 1.16. The van der Waals surface area contributed by atoms with E-state index < -0.39 is 0 Å². The van der Waals surface area contributed by atoms with Gasteiger partial charge in [0.1, 0.15) is 11.5 Å². The molecule has 0 aliphatic rings. The Labute approximate surface area is 92.5 Å². The first-order valence-electron chi connectivity index (χ1n) is 4.17. The van der Waals surface area contributed by atoms with Crippen molar-refractivity contribution in [2.75, 3.05) is 14.2 Å². The number of carbonyl (C=O) groups excluding carboxylic acids is 1. The number of methoxy groups -OCH3 is 2. The summed E-state index contributed by atoms with van der Waals surface area (Å²) < 4.78 is 10.1. The van der Waals surface area contributed by atoms with Gasteiger partial charge in [-0.2, -0.15) is 0 Å². The Morgan fingerprint density at radius 2 is 2.00 bits per heavy atom. The number of halogens is 1. The molecule has 0 saturated heterocycles. The molecule has 0 heterocycles. The molecule has 1 aromatic carbocycles. The first-order valence-corrected chi connectivity index (χ1v) is 4.54. The minimum absolute atomic E-state index is 0.195. The lowest BCUT2D eigenvalue weighted by atomic mass is 10.2. The highest BCUT2D eigenvalue weighted by Gasteiger charge is 2.09. The molecule has 0 radical (unpaired) electrons. The second-order valence-corrected chi connectivity index (χ2v) is 3.11. The number of nitrogens with zero attached hydrogens (tertiary/aromatic N) is 1. The number of ether oxygens (including phenoxy) is 2. The molecule has 0 saturated carbocycles. The van der Waals surface area contributed by atoms with Gasteiger partial charge in [0.25, 0.3) is 0 Å². The molecule has 0 aliphatic heterocycles. The van der Waals surface area contributed by atoms with Crippen LogP contribution in [0.25, 0.3) is 0 Å². The van der Waals surface area contributed by atoms with E-state index in [-0.39, 0.29) is 6.54 Å². The molecule has 0 bridgehead atoms. The van der Waals surface area contributed by atoms with E-state index in [4.69, 9.17) is 21.1 Å². The molecule has 1 aromatic rings. The maximum atomic E-state index is 10.0. The molecule has 0 atom stereocenters. The predicted molar refractivity (Wildman–Crippen MR) is 56.4 cm³/mol. The van der Waals surface area contributed by atoms with Crippen LogP contribution >= 0.6 is 11.6 Å². The molecular weight excluding hydrogens is 218 g/mol. The van der Waals surface area contributed by atoms with Crippen LogP contribution in [-0.2, 0) is 11.3 Å². The summed E-state index contributed by atoms with van der Waals surface area (Å²) in [7, 11) is 3.03. The van der Waals surface area contributed by atoms with Gasteiger partial charge in [0.2, 0.25) is 6.08 Å². The molecule has 0 unspecified atom stereocenters. The minimum atomic E-state index is 0.195. The topological polar surface area (TPSA) is 47.9 Å². The molecule has 1 rings (SSSR count). The van der Waals surface area contributed by atoms with E-state index >= 15 is 0 Å². The van der Waals surface area contributed by atoms with Crippen molar-refractivity contribution in [2.24, 2.45) is 4.99 Å². The Morgan fingerprint density at radius 1 is 1.33 bits per heavy atom. The molecule has 0 aliphatic carbocycles. The van der Waals surface area contributed by atoms with Gasteiger partial charge in [-0.05, 0) is 6.07 Å². The summed E-state index contributed by atoms with van der Waals surface area (Å²) in [6, 6.07) is 3.30. The van der Waals surface area contributed by atoms with Crippen LogP contribution in [0.1, 0.15) is 5.56 Å². The summed E-state index contributed by atoms with van der Waals surface area (Å²) in [6.45, 7) is 0.195. The normalized spacial score (nSPS) is 9.27. The van der Waals surface area contributed by atoms with Gasteiger partial charge in [-0.3, -0.25) is 0 Å². The smallest absolute Gasteiger partial charge is 0.235 e. The van der Waals surface area contributed by atoms with Gasteiger partial charge in [0.05, 0.1) is 25.8 Å². The van der Waals surface area contributed by atoms with Gasteiger partial charge in [0, 0.05) is 11.6 Å². The first-order chi connectivity index (χ1) is 7.22. The standard InChI is InChI=1S/C10H10ClNO3/c1-14-9-4-8(11)10(15-2)3-7(9)5-12-6-13/h3-4H,5H2,1-2H3. The molecule has 80 valence electrons. The largest absolute Gasteiger partial charge is 0.496 e. The van der Waals surface area contributed by atoms with Gasteiger partial charge in [-0.1, -0.05) is 11.6 Å². The maximum Gasteiger partial charge on any atom is 0.235 e. The van der Waals surface area contributed by atoms with Crippen molar-refractivity contribution >= 4 is 17.7 Å². The lowest BCUT2D eigenvalue weighted by molar-refractivity contribution is 0.399. The third-order valence-electron chi connectivity index (χ3n) is 1.87. The first kappa shape index (κ1) is 11.6. The minimum Gasteiger partial charge on any atom is -0.496 e. The monoisotopic (exact) mass is 227 g/mol. The summed E-state index contributed by atoms with van der Waals surface area (Å²) in [6.07, 6.45) is 1.47. The van der Waals surface area contributed by atoms with Gasteiger partial charge in [-0.15, -0.1) is 0 Å². The van der Waals surface area contributed by atoms with Crippen LogP contribution in [0.2, 0.25) is 5.02 Å². The highest BCUT2D eigenvalue weighted by atomic mass is 35.5. The predicted octanol–water partition coefficient (Wildman–Crippen LogP) is 2.19. The maximum absolute atomic E-state index is 10.0. The number of rotatable bonds is 4. The van der Waals surface area contributed by atoms with Crippen LogP contribution in [0.15, 0.2) is 17.1 Å². The van der Waals surface area contributed by atoms with E-state index in [0.717, 1.165) is 5.56 Å². The zero-order chi connectivity index (χ0) is 11.3. The summed E-state index contributed by atoms with van der Waals surface area (Å²) in [5.41, 5.74) is 0.724. The Balaban J connectivity index is 3.15.